The first kappa shape index (κ1) is 16.3. The topological polar surface area (TPSA) is 39.1 Å². The zero-order valence-electron chi connectivity index (χ0n) is 12.4. The van der Waals surface area contributed by atoms with Crippen LogP contribution < -0.4 is 10.1 Å². The molecule has 2 rings (SSSR count). The highest BCUT2D eigenvalue weighted by Gasteiger charge is 2.14. The number of benzene rings is 1. The minimum Gasteiger partial charge on any atom is -0.485 e. The second-order valence-corrected chi connectivity index (χ2v) is 5.97. The van der Waals surface area contributed by atoms with Crippen molar-refractivity contribution in [2.75, 3.05) is 6.54 Å². The van der Waals surface area contributed by atoms with E-state index in [0.717, 1.165) is 40.3 Å². The van der Waals surface area contributed by atoms with Crippen molar-refractivity contribution in [2.24, 2.45) is 7.05 Å². The first-order chi connectivity index (χ1) is 10.0. The molecule has 114 valence electrons. The molecule has 6 heteroatoms. The Labute approximate surface area is 138 Å². The Morgan fingerprint density at radius 1 is 1.43 bits per heavy atom. The number of aryl methyl sites for hydroxylation is 2. The fourth-order valence-electron chi connectivity index (χ4n) is 2.09. The predicted octanol–water partition coefficient (Wildman–Crippen LogP) is 3.83. The first-order valence-electron chi connectivity index (χ1n) is 6.83. The van der Waals surface area contributed by atoms with Crippen molar-refractivity contribution in [1.29, 1.82) is 0 Å². The van der Waals surface area contributed by atoms with Gasteiger partial charge in [0.05, 0.1) is 20.9 Å². The molecule has 0 spiro atoms. The molecule has 2 aromatic rings. The summed E-state index contributed by atoms with van der Waals surface area (Å²) in [7, 11) is 1.91. The van der Waals surface area contributed by atoms with Crippen LogP contribution in [0.4, 0.5) is 0 Å². The molecule has 0 fully saturated rings. The molecule has 1 heterocycles. The van der Waals surface area contributed by atoms with Crippen LogP contribution in [0.25, 0.3) is 0 Å². The van der Waals surface area contributed by atoms with E-state index in [1.165, 1.54) is 0 Å². The van der Waals surface area contributed by atoms with Crippen LogP contribution >= 0.6 is 27.5 Å². The third-order valence-corrected chi connectivity index (χ3v) is 4.56. The summed E-state index contributed by atoms with van der Waals surface area (Å²) in [6.07, 6.45) is 0. The average molecular weight is 373 g/mol. The third kappa shape index (κ3) is 3.78. The van der Waals surface area contributed by atoms with Gasteiger partial charge in [0.1, 0.15) is 12.4 Å². The quantitative estimate of drug-likeness (QED) is 0.837. The number of nitrogens with zero attached hydrogens (tertiary/aromatic N) is 2. The summed E-state index contributed by atoms with van der Waals surface area (Å²) in [6.45, 7) is 6.08. The van der Waals surface area contributed by atoms with E-state index in [-0.39, 0.29) is 0 Å². The van der Waals surface area contributed by atoms with Gasteiger partial charge in [-0.3, -0.25) is 4.68 Å². The standard InChI is InChI=1S/C15H19BrClN3O/c1-4-18-8-11-6-5-7-12(17)15(11)21-9-13-14(16)10(2)19-20(13)3/h5-7,18H,4,8-9H2,1-3H3. The molecule has 0 aliphatic heterocycles. The van der Waals surface area contributed by atoms with Gasteiger partial charge in [-0.15, -0.1) is 0 Å². The van der Waals surface area contributed by atoms with Crippen molar-refractivity contribution < 1.29 is 4.74 Å². The van der Waals surface area contributed by atoms with Crippen LogP contribution in [-0.4, -0.2) is 16.3 Å². The van der Waals surface area contributed by atoms with Crippen molar-refractivity contribution in [2.45, 2.75) is 27.0 Å². The number of ether oxygens (including phenoxy) is 1. The Morgan fingerprint density at radius 3 is 2.81 bits per heavy atom. The molecular weight excluding hydrogens is 354 g/mol. The number of rotatable bonds is 6. The second kappa shape index (κ2) is 7.29. The molecule has 4 nitrogen and oxygen atoms in total. The van der Waals surface area contributed by atoms with E-state index < -0.39 is 0 Å². The van der Waals surface area contributed by atoms with E-state index in [1.54, 1.807) is 0 Å². The minimum atomic E-state index is 0.417. The highest BCUT2D eigenvalue weighted by Crippen LogP contribution is 2.30. The summed E-state index contributed by atoms with van der Waals surface area (Å²) in [5, 5.41) is 8.28. The van der Waals surface area contributed by atoms with E-state index in [4.69, 9.17) is 16.3 Å². The number of aromatic nitrogens is 2. The Bertz CT molecular complexity index is 628. The zero-order chi connectivity index (χ0) is 15.4. The summed E-state index contributed by atoms with van der Waals surface area (Å²) in [5.41, 5.74) is 2.99. The molecule has 0 saturated heterocycles. The van der Waals surface area contributed by atoms with Gasteiger partial charge < -0.3 is 10.1 Å². The number of nitrogens with one attached hydrogen (secondary N) is 1. The van der Waals surface area contributed by atoms with Gasteiger partial charge in [0.15, 0.2) is 0 Å². The van der Waals surface area contributed by atoms with Gasteiger partial charge in [-0.05, 0) is 35.5 Å². The van der Waals surface area contributed by atoms with Gasteiger partial charge in [-0.2, -0.15) is 5.10 Å². The van der Waals surface area contributed by atoms with Gasteiger partial charge in [0, 0.05) is 19.2 Å². The van der Waals surface area contributed by atoms with Gasteiger partial charge >= 0.3 is 0 Å². The zero-order valence-corrected chi connectivity index (χ0v) is 14.8. The number of hydrogen-bond donors (Lipinski definition) is 1. The van der Waals surface area contributed by atoms with Crippen LogP contribution in [0.2, 0.25) is 5.02 Å². The normalized spacial score (nSPS) is 10.9. The molecular formula is C15H19BrClN3O. The lowest BCUT2D eigenvalue weighted by Crippen LogP contribution is -2.13. The largest absolute Gasteiger partial charge is 0.485 e. The number of halogens is 2. The Kier molecular flexibility index (Phi) is 5.67. The number of para-hydroxylation sites is 1. The Hall–Kier alpha value is -1.04. The average Bonchev–Trinajstić information content (AvgIpc) is 2.69. The van der Waals surface area contributed by atoms with Crippen molar-refractivity contribution in [3.63, 3.8) is 0 Å². The summed E-state index contributed by atoms with van der Waals surface area (Å²) in [5.74, 6) is 0.728. The van der Waals surface area contributed by atoms with Crippen molar-refractivity contribution >= 4 is 27.5 Å². The monoisotopic (exact) mass is 371 g/mol. The molecule has 0 saturated carbocycles. The lowest BCUT2D eigenvalue weighted by atomic mass is 10.2. The van der Waals surface area contributed by atoms with Crippen molar-refractivity contribution in [1.82, 2.24) is 15.1 Å². The van der Waals surface area contributed by atoms with Crippen molar-refractivity contribution in [3.8, 4) is 5.75 Å². The molecule has 1 aromatic heterocycles. The molecule has 0 aliphatic rings. The summed E-state index contributed by atoms with van der Waals surface area (Å²) in [4.78, 5) is 0. The van der Waals surface area contributed by atoms with Gasteiger partial charge in [0.2, 0.25) is 0 Å². The molecule has 0 amide bonds. The highest BCUT2D eigenvalue weighted by molar-refractivity contribution is 9.10. The van der Waals surface area contributed by atoms with Crippen LogP contribution in [0.3, 0.4) is 0 Å². The van der Waals surface area contributed by atoms with E-state index >= 15 is 0 Å². The van der Waals surface area contributed by atoms with E-state index in [1.807, 2.05) is 36.9 Å². The van der Waals surface area contributed by atoms with Crippen LogP contribution in [0.1, 0.15) is 23.9 Å². The van der Waals surface area contributed by atoms with Crippen LogP contribution in [0.15, 0.2) is 22.7 Å². The van der Waals surface area contributed by atoms with Crippen LogP contribution in [0, 0.1) is 6.92 Å². The molecule has 0 bridgehead atoms. The van der Waals surface area contributed by atoms with E-state index in [2.05, 4.69) is 33.3 Å². The second-order valence-electron chi connectivity index (χ2n) is 4.77. The fraction of sp³-hybridized carbons (Fsp3) is 0.400. The maximum atomic E-state index is 6.27. The number of hydrogen-bond acceptors (Lipinski definition) is 3. The lowest BCUT2D eigenvalue weighted by Gasteiger charge is -2.14. The third-order valence-electron chi connectivity index (χ3n) is 3.23. The molecule has 1 aromatic carbocycles. The predicted molar refractivity (Wildman–Crippen MR) is 88.8 cm³/mol. The Balaban J connectivity index is 2.19. The molecule has 0 aliphatic carbocycles. The summed E-state index contributed by atoms with van der Waals surface area (Å²) >= 11 is 9.82. The molecule has 0 radical (unpaired) electrons. The van der Waals surface area contributed by atoms with Crippen LogP contribution in [-0.2, 0) is 20.2 Å². The van der Waals surface area contributed by atoms with Gasteiger partial charge in [0.25, 0.3) is 0 Å². The molecule has 0 unspecified atom stereocenters. The maximum Gasteiger partial charge on any atom is 0.142 e. The SMILES string of the molecule is CCNCc1cccc(Cl)c1OCc1c(Br)c(C)nn1C. The first-order valence-corrected chi connectivity index (χ1v) is 8.00. The minimum absolute atomic E-state index is 0.417. The lowest BCUT2D eigenvalue weighted by molar-refractivity contribution is 0.290. The van der Waals surface area contributed by atoms with Crippen LogP contribution in [0.5, 0.6) is 5.75 Å². The molecule has 0 atom stereocenters. The van der Waals surface area contributed by atoms with E-state index in [9.17, 15) is 0 Å². The molecule has 1 N–H and O–H groups in total. The highest BCUT2D eigenvalue weighted by atomic mass is 79.9. The Morgan fingerprint density at radius 2 is 2.19 bits per heavy atom. The van der Waals surface area contributed by atoms with Gasteiger partial charge in [-0.1, -0.05) is 30.7 Å². The smallest absolute Gasteiger partial charge is 0.142 e. The summed E-state index contributed by atoms with van der Waals surface area (Å²) < 4.78 is 8.76. The van der Waals surface area contributed by atoms with Gasteiger partial charge in [-0.25, -0.2) is 0 Å². The van der Waals surface area contributed by atoms with E-state index in [0.29, 0.717) is 11.6 Å². The fourth-order valence-corrected chi connectivity index (χ4v) is 2.79. The van der Waals surface area contributed by atoms with Crippen molar-refractivity contribution in [3.05, 3.63) is 44.6 Å². The maximum absolute atomic E-state index is 6.27. The molecule has 21 heavy (non-hydrogen) atoms. The summed E-state index contributed by atoms with van der Waals surface area (Å²) in [6, 6.07) is 5.80.